The van der Waals surface area contributed by atoms with Gasteiger partial charge in [0.1, 0.15) is 24.4 Å². The molecule has 0 N–H and O–H groups in total. The lowest BCUT2D eigenvalue weighted by Crippen LogP contribution is -2.61. The third kappa shape index (κ3) is 10.2. The molecule has 0 spiro atoms. The maximum absolute atomic E-state index is 6.50. The van der Waals surface area contributed by atoms with E-state index in [0.29, 0.717) is 26.4 Å². The van der Waals surface area contributed by atoms with Crippen molar-refractivity contribution in [3.8, 4) is 0 Å². The van der Waals surface area contributed by atoms with Crippen molar-refractivity contribution < 1.29 is 23.7 Å². The van der Waals surface area contributed by atoms with Crippen LogP contribution in [0.3, 0.4) is 0 Å². The Morgan fingerprint density at radius 3 is 1.63 bits per heavy atom. The summed E-state index contributed by atoms with van der Waals surface area (Å²) >= 11 is 0. The lowest BCUT2D eigenvalue weighted by Gasteiger charge is -2.46. The van der Waals surface area contributed by atoms with Gasteiger partial charge in [-0.05, 0) is 32.1 Å². The van der Waals surface area contributed by atoms with Crippen LogP contribution in [0.5, 0.6) is 0 Å². The molecular weight excluding hydrogens is 380 g/mol. The van der Waals surface area contributed by atoms with Crippen LogP contribution in [0.4, 0.5) is 0 Å². The predicted octanol–water partition coefficient (Wildman–Crippen LogP) is 5.70. The maximum atomic E-state index is 6.50. The van der Waals surface area contributed by atoms with Crippen LogP contribution in [-0.4, -0.2) is 63.6 Å². The topological polar surface area (TPSA) is 46.2 Å². The largest absolute Gasteiger partial charge is 0.379 e. The summed E-state index contributed by atoms with van der Waals surface area (Å²) in [7, 11) is 0. The first kappa shape index (κ1) is 27.6. The normalized spacial score (nSPS) is 26.7. The molecule has 0 aliphatic carbocycles. The molecule has 0 radical (unpaired) electrons. The third-order valence-corrected chi connectivity index (χ3v) is 5.48. The van der Waals surface area contributed by atoms with Crippen molar-refractivity contribution in [2.75, 3.05) is 33.0 Å². The van der Waals surface area contributed by atoms with Gasteiger partial charge in [-0.2, -0.15) is 0 Å². The van der Waals surface area contributed by atoms with Gasteiger partial charge in [-0.1, -0.05) is 59.5 Å². The van der Waals surface area contributed by atoms with E-state index in [-0.39, 0.29) is 30.5 Å². The Kier molecular flexibility index (Phi) is 16.7. The molecule has 0 unspecified atom stereocenters. The average molecular weight is 429 g/mol. The summed E-state index contributed by atoms with van der Waals surface area (Å²) in [6.45, 7) is 16.1. The van der Waals surface area contributed by atoms with Crippen molar-refractivity contribution >= 4 is 0 Å². The van der Waals surface area contributed by atoms with Crippen molar-refractivity contribution in [2.24, 2.45) is 0 Å². The van der Waals surface area contributed by atoms with E-state index in [2.05, 4.69) is 34.3 Å². The molecule has 1 rings (SSSR count). The molecule has 5 nitrogen and oxygen atoms in total. The van der Waals surface area contributed by atoms with E-state index in [1.165, 1.54) is 0 Å². The molecule has 0 aromatic rings. The lowest BCUT2D eigenvalue weighted by molar-refractivity contribution is -0.265. The van der Waals surface area contributed by atoms with E-state index in [0.717, 1.165) is 64.4 Å². The molecule has 0 aromatic heterocycles. The molecular formula is C25H48O5. The molecule has 0 amide bonds. The summed E-state index contributed by atoms with van der Waals surface area (Å²) in [6, 6.07) is 0. The van der Waals surface area contributed by atoms with Gasteiger partial charge in [0.05, 0.1) is 12.7 Å². The van der Waals surface area contributed by atoms with E-state index < -0.39 is 0 Å². The van der Waals surface area contributed by atoms with Gasteiger partial charge in [-0.3, -0.25) is 0 Å². The highest BCUT2D eigenvalue weighted by atomic mass is 16.6. The molecule has 30 heavy (non-hydrogen) atoms. The summed E-state index contributed by atoms with van der Waals surface area (Å²) in [4.78, 5) is 0. The van der Waals surface area contributed by atoms with Gasteiger partial charge >= 0.3 is 0 Å². The van der Waals surface area contributed by atoms with Crippen LogP contribution in [0, 0.1) is 0 Å². The first-order valence-electron chi connectivity index (χ1n) is 12.4. The van der Waals surface area contributed by atoms with Gasteiger partial charge in [-0.15, -0.1) is 6.58 Å². The minimum Gasteiger partial charge on any atom is -0.379 e. The van der Waals surface area contributed by atoms with Crippen LogP contribution in [0.1, 0.15) is 85.5 Å². The summed E-state index contributed by atoms with van der Waals surface area (Å²) in [5.41, 5.74) is 0. The van der Waals surface area contributed by atoms with Gasteiger partial charge < -0.3 is 23.7 Å². The molecule has 1 aliphatic heterocycles. The second kappa shape index (κ2) is 18.1. The molecule has 5 heteroatoms. The standard InChI is InChI=1S/C25H48O5/c1-6-11-16-26-20-22-24(28-18-13-8-3)25(29-19-14-9-4)23(27-17-12-7-2)21(30-22)15-10-5/h10,21-25H,5-9,11-20H2,1-4H3/t21-,22-,23-,24-,25-/m1/s1. The fourth-order valence-electron chi connectivity index (χ4n) is 3.61. The molecule has 0 bridgehead atoms. The van der Waals surface area contributed by atoms with Crippen LogP contribution >= 0.6 is 0 Å². The Labute approximate surface area is 185 Å². The Morgan fingerprint density at radius 2 is 1.13 bits per heavy atom. The molecule has 0 saturated carbocycles. The van der Waals surface area contributed by atoms with E-state index in [1.54, 1.807) is 0 Å². The monoisotopic (exact) mass is 428 g/mol. The van der Waals surface area contributed by atoms with Crippen molar-refractivity contribution in [1.29, 1.82) is 0 Å². The van der Waals surface area contributed by atoms with Crippen molar-refractivity contribution in [3.63, 3.8) is 0 Å². The Balaban J connectivity index is 2.99. The molecule has 1 fully saturated rings. The second-order valence-corrected chi connectivity index (χ2v) is 8.23. The highest BCUT2D eigenvalue weighted by Crippen LogP contribution is 2.31. The molecule has 178 valence electrons. The Morgan fingerprint density at radius 1 is 0.667 bits per heavy atom. The second-order valence-electron chi connectivity index (χ2n) is 8.23. The smallest absolute Gasteiger partial charge is 0.115 e. The van der Waals surface area contributed by atoms with E-state index in [4.69, 9.17) is 23.7 Å². The van der Waals surface area contributed by atoms with E-state index in [9.17, 15) is 0 Å². The maximum Gasteiger partial charge on any atom is 0.115 e. The minimum absolute atomic E-state index is 0.0863. The van der Waals surface area contributed by atoms with E-state index >= 15 is 0 Å². The first-order valence-corrected chi connectivity index (χ1v) is 12.4. The summed E-state index contributed by atoms with van der Waals surface area (Å²) in [5.74, 6) is 0. The molecule has 5 atom stereocenters. The SMILES string of the molecule is C=CC[C@H]1O[C@H](COCCCC)[C@@H](OCCCC)[C@H](OCCCC)[C@@H]1OCCCC. The van der Waals surface area contributed by atoms with Crippen LogP contribution in [-0.2, 0) is 23.7 Å². The van der Waals surface area contributed by atoms with Crippen molar-refractivity contribution in [3.05, 3.63) is 12.7 Å². The van der Waals surface area contributed by atoms with Crippen molar-refractivity contribution in [1.82, 2.24) is 0 Å². The van der Waals surface area contributed by atoms with Crippen molar-refractivity contribution in [2.45, 2.75) is 116 Å². The quantitative estimate of drug-likeness (QED) is 0.195. The number of hydrogen-bond acceptors (Lipinski definition) is 5. The Hall–Kier alpha value is -0.460. The van der Waals surface area contributed by atoms with Gasteiger partial charge in [-0.25, -0.2) is 0 Å². The van der Waals surface area contributed by atoms with E-state index in [1.807, 2.05) is 6.08 Å². The van der Waals surface area contributed by atoms with Gasteiger partial charge in [0.2, 0.25) is 0 Å². The zero-order valence-corrected chi connectivity index (χ0v) is 20.1. The van der Waals surface area contributed by atoms with Crippen LogP contribution in [0.15, 0.2) is 12.7 Å². The highest BCUT2D eigenvalue weighted by molar-refractivity contribution is 4.97. The number of hydrogen-bond donors (Lipinski definition) is 0. The zero-order chi connectivity index (χ0) is 22.0. The number of rotatable bonds is 19. The Bertz CT molecular complexity index is 403. The molecule has 1 aliphatic rings. The first-order chi connectivity index (χ1) is 14.7. The molecule has 0 aromatic carbocycles. The lowest BCUT2D eigenvalue weighted by atomic mass is 9.92. The van der Waals surface area contributed by atoms with Crippen LogP contribution in [0.25, 0.3) is 0 Å². The molecule has 1 heterocycles. The number of ether oxygens (including phenoxy) is 5. The van der Waals surface area contributed by atoms with Crippen LogP contribution in [0.2, 0.25) is 0 Å². The summed E-state index contributed by atoms with van der Waals surface area (Å²) < 4.78 is 31.6. The van der Waals surface area contributed by atoms with Crippen LogP contribution < -0.4 is 0 Å². The minimum atomic E-state index is -0.178. The number of unbranched alkanes of at least 4 members (excludes halogenated alkanes) is 4. The fraction of sp³-hybridized carbons (Fsp3) is 0.920. The molecule has 1 saturated heterocycles. The summed E-state index contributed by atoms with van der Waals surface area (Å²) in [5, 5.41) is 0. The van der Waals surface area contributed by atoms with Gasteiger partial charge in [0, 0.05) is 26.4 Å². The fourth-order valence-corrected chi connectivity index (χ4v) is 3.61. The van der Waals surface area contributed by atoms with Gasteiger partial charge in [0.25, 0.3) is 0 Å². The summed E-state index contributed by atoms with van der Waals surface area (Å²) in [6.07, 6.45) is 10.5. The zero-order valence-electron chi connectivity index (χ0n) is 20.1. The predicted molar refractivity (Wildman–Crippen MR) is 123 cm³/mol. The van der Waals surface area contributed by atoms with Gasteiger partial charge in [0.15, 0.2) is 0 Å². The highest BCUT2D eigenvalue weighted by Gasteiger charge is 2.47. The third-order valence-electron chi connectivity index (χ3n) is 5.48. The average Bonchev–Trinajstić information content (AvgIpc) is 2.75.